The van der Waals surface area contributed by atoms with Crippen molar-refractivity contribution in [2.75, 3.05) is 13.1 Å². The summed E-state index contributed by atoms with van der Waals surface area (Å²) >= 11 is 0. The fraction of sp³-hybridized carbons (Fsp3) is 0.579. The van der Waals surface area contributed by atoms with Gasteiger partial charge in [0.2, 0.25) is 0 Å². The van der Waals surface area contributed by atoms with E-state index in [-0.39, 0.29) is 18.0 Å². The van der Waals surface area contributed by atoms with E-state index in [2.05, 4.69) is 30.4 Å². The molecule has 2 N–H and O–H groups in total. The largest absolute Gasteiger partial charge is 0.481 e. The van der Waals surface area contributed by atoms with Crippen LogP contribution in [0.1, 0.15) is 48.9 Å². The molecule has 24 heavy (non-hydrogen) atoms. The third kappa shape index (κ3) is 3.55. The molecule has 130 valence electrons. The summed E-state index contributed by atoms with van der Waals surface area (Å²) in [5, 5.41) is 12.4. The molecule has 5 heteroatoms. The van der Waals surface area contributed by atoms with Crippen molar-refractivity contribution in [3.8, 4) is 0 Å². The molecule has 0 bridgehead atoms. The molecule has 3 atom stereocenters. The Kier molecular flexibility index (Phi) is 4.78. The molecule has 3 rings (SSSR count). The number of aliphatic carboxylic acids is 1. The first-order chi connectivity index (χ1) is 11.4. The lowest BCUT2D eigenvalue weighted by atomic mass is 9.86. The second kappa shape index (κ2) is 6.83. The van der Waals surface area contributed by atoms with Gasteiger partial charge in [-0.15, -0.1) is 0 Å². The predicted molar refractivity (Wildman–Crippen MR) is 91.9 cm³/mol. The number of carboxylic acid groups (broad SMARTS) is 1. The number of rotatable bonds is 2. The summed E-state index contributed by atoms with van der Waals surface area (Å²) in [5.74, 6) is -1.05. The summed E-state index contributed by atoms with van der Waals surface area (Å²) in [6, 6.07) is 6.34. The molecule has 1 aromatic carbocycles. The minimum atomic E-state index is -0.807. The van der Waals surface area contributed by atoms with Crippen molar-refractivity contribution in [1.29, 1.82) is 0 Å². The van der Waals surface area contributed by atoms with Crippen LogP contribution >= 0.6 is 0 Å². The van der Waals surface area contributed by atoms with Gasteiger partial charge in [0.1, 0.15) is 0 Å². The van der Waals surface area contributed by atoms with Gasteiger partial charge in [-0.05, 0) is 49.7 Å². The zero-order valence-corrected chi connectivity index (χ0v) is 14.4. The molecule has 2 aliphatic rings. The number of carbonyl (C=O) groups is 2. The van der Waals surface area contributed by atoms with E-state index in [4.69, 9.17) is 0 Å². The summed E-state index contributed by atoms with van der Waals surface area (Å²) < 4.78 is 0. The second-order valence-electron chi connectivity index (χ2n) is 7.38. The number of nitrogens with one attached hydrogen (secondary N) is 1. The Labute approximate surface area is 143 Å². The Hall–Kier alpha value is -2.04. The van der Waals surface area contributed by atoms with Crippen LogP contribution in [-0.4, -0.2) is 35.1 Å². The van der Waals surface area contributed by atoms with Gasteiger partial charge in [-0.2, -0.15) is 0 Å². The van der Waals surface area contributed by atoms with Gasteiger partial charge >= 0.3 is 12.0 Å². The van der Waals surface area contributed by atoms with Gasteiger partial charge in [0, 0.05) is 13.1 Å². The van der Waals surface area contributed by atoms with Crippen LogP contribution in [0.4, 0.5) is 4.79 Å². The second-order valence-corrected chi connectivity index (χ2v) is 7.38. The van der Waals surface area contributed by atoms with Crippen LogP contribution in [0.5, 0.6) is 0 Å². The first-order valence-corrected chi connectivity index (χ1v) is 8.81. The smallest absolute Gasteiger partial charge is 0.317 e. The van der Waals surface area contributed by atoms with Gasteiger partial charge in [-0.25, -0.2) is 4.79 Å². The standard InChI is InChI=1S/C19H26N2O3/c1-12-6-7-14-4-3-5-17(16(14)9-12)20-19(24)21-10-13(2)8-15(11-21)18(22)23/h6-7,9,13,15,17H,3-5,8,10-11H2,1-2H3,(H,20,24)(H,22,23)/t13?,15?,17-/m0/s1. The van der Waals surface area contributed by atoms with E-state index in [1.807, 2.05) is 6.92 Å². The highest BCUT2D eigenvalue weighted by Crippen LogP contribution is 2.31. The van der Waals surface area contributed by atoms with Crippen LogP contribution in [0.3, 0.4) is 0 Å². The number of carbonyl (C=O) groups excluding carboxylic acids is 1. The van der Waals surface area contributed by atoms with Crippen molar-refractivity contribution in [2.24, 2.45) is 11.8 Å². The van der Waals surface area contributed by atoms with Crippen molar-refractivity contribution >= 4 is 12.0 Å². The maximum absolute atomic E-state index is 12.7. The molecule has 1 heterocycles. The van der Waals surface area contributed by atoms with Crippen molar-refractivity contribution in [3.05, 3.63) is 34.9 Å². The Morgan fingerprint density at radius 2 is 2.08 bits per heavy atom. The molecule has 1 aliphatic heterocycles. The maximum atomic E-state index is 12.7. The number of amides is 2. The molecule has 0 aromatic heterocycles. The summed E-state index contributed by atoms with van der Waals surface area (Å²) in [5.41, 5.74) is 3.73. The van der Waals surface area contributed by atoms with Crippen LogP contribution in [0.15, 0.2) is 18.2 Å². The summed E-state index contributed by atoms with van der Waals surface area (Å²) in [4.78, 5) is 25.7. The molecule has 2 unspecified atom stereocenters. The molecule has 1 aliphatic carbocycles. The number of hydrogen-bond donors (Lipinski definition) is 2. The molecule has 0 saturated carbocycles. The summed E-state index contributed by atoms with van der Waals surface area (Å²) in [6.07, 6.45) is 3.71. The minimum absolute atomic E-state index is 0.0293. The quantitative estimate of drug-likeness (QED) is 0.875. The van der Waals surface area contributed by atoms with E-state index in [9.17, 15) is 14.7 Å². The topological polar surface area (TPSA) is 69.6 Å². The Bertz CT molecular complexity index is 643. The van der Waals surface area contributed by atoms with Crippen LogP contribution in [0, 0.1) is 18.8 Å². The van der Waals surface area contributed by atoms with E-state index in [0.717, 1.165) is 19.3 Å². The van der Waals surface area contributed by atoms with Crippen LogP contribution < -0.4 is 5.32 Å². The lowest BCUT2D eigenvalue weighted by Crippen LogP contribution is -2.50. The first-order valence-electron chi connectivity index (χ1n) is 8.81. The lowest BCUT2D eigenvalue weighted by molar-refractivity contribution is -0.143. The van der Waals surface area contributed by atoms with Gasteiger partial charge in [-0.3, -0.25) is 4.79 Å². The van der Waals surface area contributed by atoms with Crippen molar-refractivity contribution in [2.45, 2.75) is 45.6 Å². The molecular formula is C19H26N2O3. The number of aryl methyl sites for hydroxylation is 2. The number of fused-ring (bicyclic) bond motifs is 1. The van der Waals surface area contributed by atoms with Crippen molar-refractivity contribution in [3.63, 3.8) is 0 Å². The van der Waals surface area contributed by atoms with Crippen molar-refractivity contribution < 1.29 is 14.7 Å². The zero-order valence-electron chi connectivity index (χ0n) is 14.4. The van der Waals surface area contributed by atoms with Crippen LogP contribution in [0.25, 0.3) is 0 Å². The molecule has 1 aromatic rings. The average molecular weight is 330 g/mol. The highest BCUT2D eigenvalue weighted by atomic mass is 16.4. The van der Waals surface area contributed by atoms with Crippen LogP contribution in [0.2, 0.25) is 0 Å². The monoisotopic (exact) mass is 330 g/mol. The van der Waals surface area contributed by atoms with Gasteiger partial charge < -0.3 is 15.3 Å². The van der Waals surface area contributed by atoms with E-state index in [0.29, 0.717) is 19.5 Å². The molecule has 1 fully saturated rings. The zero-order chi connectivity index (χ0) is 17.3. The van der Waals surface area contributed by atoms with E-state index in [1.54, 1.807) is 4.90 Å². The highest BCUT2D eigenvalue weighted by Gasteiger charge is 2.33. The fourth-order valence-electron chi connectivity index (χ4n) is 4.01. The molecule has 0 radical (unpaired) electrons. The summed E-state index contributed by atoms with van der Waals surface area (Å²) in [7, 11) is 0. The van der Waals surface area contributed by atoms with Crippen LogP contribution in [-0.2, 0) is 11.2 Å². The predicted octanol–water partition coefficient (Wildman–Crippen LogP) is 3.12. The van der Waals surface area contributed by atoms with Gasteiger partial charge in [-0.1, -0.05) is 30.7 Å². The Morgan fingerprint density at radius 1 is 1.29 bits per heavy atom. The number of piperidine rings is 1. The number of hydrogen-bond acceptors (Lipinski definition) is 2. The number of carboxylic acids is 1. The Balaban J connectivity index is 1.71. The van der Waals surface area contributed by atoms with Gasteiger partial charge in [0.25, 0.3) is 0 Å². The first kappa shape index (κ1) is 16.8. The van der Waals surface area contributed by atoms with E-state index >= 15 is 0 Å². The Morgan fingerprint density at radius 3 is 2.83 bits per heavy atom. The average Bonchev–Trinajstić information content (AvgIpc) is 2.54. The third-order valence-electron chi connectivity index (χ3n) is 5.21. The molecule has 5 nitrogen and oxygen atoms in total. The highest BCUT2D eigenvalue weighted by molar-refractivity contribution is 5.77. The maximum Gasteiger partial charge on any atom is 0.317 e. The molecule has 2 amide bonds. The molecule has 1 saturated heterocycles. The van der Waals surface area contributed by atoms with Gasteiger partial charge in [0.15, 0.2) is 0 Å². The third-order valence-corrected chi connectivity index (χ3v) is 5.21. The number of likely N-dealkylation sites (tertiary alicyclic amines) is 1. The normalized spacial score (nSPS) is 26.6. The van der Waals surface area contributed by atoms with E-state index < -0.39 is 11.9 Å². The number of nitrogens with zero attached hydrogens (tertiary/aromatic N) is 1. The van der Waals surface area contributed by atoms with Crippen molar-refractivity contribution in [1.82, 2.24) is 10.2 Å². The lowest BCUT2D eigenvalue weighted by Gasteiger charge is -2.36. The SMILES string of the molecule is Cc1ccc2c(c1)[C@@H](NC(=O)N1CC(C)CC(C(=O)O)C1)CCC2. The fourth-order valence-corrected chi connectivity index (χ4v) is 4.01. The number of benzene rings is 1. The van der Waals surface area contributed by atoms with E-state index in [1.165, 1.54) is 16.7 Å². The molecular weight excluding hydrogens is 304 g/mol. The number of urea groups is 1. The summed E-state index contributed by atoms with van der Waals surface area (Å²) in [6.45, 7) is 5.01. The van der Waals surface area contributed by atoms with Gasteiger partial charge in [0.05, 0.1) is 12.0 Å². The molecule has 0 spiro atoms. The minimum Gasteiger partial charge on any atom is -0.481 e.